The molecule has 0 spiro atoms. The standard InChI is InChI=1S/C15H13ClFN3OS/c1-8(10-4-3-9(17)5-12(10)21-2)20-14-13-11(16)6-22-15(13)19-7-18-14/h3-8H,1-2H3,(H,18,19,20). The van der Waals surface area contributed by atoms with E-state index in [-0.39, 0.29) is 11.9 Å². The Morgan fingerprint density at radius 2 is 2.18 bits per heavy atom. The molecule has 0 aliphatic heterocycles. The maximum atomic E-state index is 13.3. The Hall–Kier alpha value is -1.92. The molecule has 0 radical (unpaired) electrons. The highest BCUT2D eigenvalue weighted by Gasteiger charge is 2.16. The molecule has 1 unspecified atom stereocenters. The van der Waals surface area contributed by atoms with E-state index in [9.17, 15) is 4.39 Å². The molecule has 4 nitrogen and oxygen atoms in total. The van der Waals surface area contributed by atoms with Crippen LogP contribution in [0.25, 0.3) is 10.2 Å². The lowest BCUT2D eigenvalue weighted by atomic mass is 10.1. The molecule has 0 aliphatic rings. The summed E-state index contributed by atoms with van der Waals surface area (Å²) in [6.07, 6.45) is 1.49. The van der Waals surface area contributed by atoms with Gasteiger partial charge in [0.1, 0.15) is 28.5 Å². The van der Waals surface area contributed by atoms with Crippen molar-refractivity contribution < 1.29 is 9.13 Å². The van der Waals surface area contributed by atoms with Crippen molar-refractivity contribution in [3.05, 3.63) is 46.3 Å². The first-order valence-corrected chi connectivity index (χ1v) is 7.83. The second-order valence-electron chi connectivity index (χ2n) is 4.74. The molecule has 0 amide bonds. The molecule has 2 aromatic heterocycles. The quantitative estimate of drug-likeness (QED) is 0.751. The van der Waals surface area contributed by atoms with Crippen molar-refractivity contribution in [1.29, 1.82) is 0 Å². The summed E-state index contributed by atoms with van der Waals surface area (Å²) in [7, 11) is 1.52. The number of anilines is 1. The third kappa shape index (κ3) is 2.71. The van der Waals surface area contributed by atoms with Crippen LogP contribution in [-0.4, -0.2) is 17.1 Å². The molecule has 22 heavy (non-hydrogen) atoms. The average molecular weight is 338 g/mol. The van der Waals surface area contributed by atoms with Crippen LogP contribution in [0, 0.1) is 5.82 Å². The summed E-state index contributed by atoms with van der Waals surface area (Å²) in [6.45, 7) is 1.95. The SMILES string of the molecule is COc1cc(F)ccc1C(C)Nc1ncnc2scc(Cl)c12. The number of nitrogens with zero attached hydrogens (tertiary/aromatic N) is 2. The molecule has 3 rings (SSSR count). The van der Waals surface area contributed by atoms with Crippen LogP contribution in [-0.2, 0) is 0 Å². The number of benzene rings is 1. The number of nitrogens with one attached hydrogen (secondary N) is 1. The monoisotopic (exact) mass is 337 g/mol. The molecular formula is C15H13ClFN3OS. The topological polar surface area (TPSA) is 47.0 Å². The van der Waals surface area contributed by atoms with Crippen molar-refractivity contribution in [3.8, 4) is 5.75 Å². The molecule has 0 saturated carbocycles. The average Bonchev–Trinajstić information content (AvgIpc) is 2.89. The lowest BCUT2D eigenvalue weighted by Crippen LogP contribution is -2.10. The molecule has 0 bridgehead atoms. The van der Waals surface area contributed by atoms with Crippen molar-refractivity contribution in [2.24, 2.45) is 0 Å². The Labute approximate surface area is 135 Å². The first-order chi connectivity index (χ1) is 10.6. The third-order valence-electron chi connectivity index (χ3n) is 3.34. The molecule has 0 saturated heterocycles. The Morgan fingerprint density at radius 1 is 1.36 bits per heavy atom. The smallest absolute Gasteiger partial charge is 0.140 e. The minimum Gasteiger partial charge on any atom is -0.496 e. The number of methoxy groups -OCH3 is 1. The molecule has 114 valence electrons. The van der Waals surface area contributed by atoms with Crippen molar-refractivity contribution in [2.75, 3.05) is 12.4 Å². The van der Waals surface area contributed by atoms with E-state index in [0.29, 0.717) is 16.6 Å². The van der Waals surface area contributed by atoms with Crippen LogP contribution >= 0.6 is 22.9 Å². The van der Waals surface area contributed by atoms with Gasteiger partial charge in [-0.1, -0.05) is 17.7 Å². The fraction of sp³-hybridized carbons (Fsp3) is 0.200. The van der Waals surface area contributed by atoms with Crippen LogP contribution in [0.5, 0.6) is 5.75 Å². The van der Waals surface area contributed by atoms with Crippen molar-refractivity contribution in [3.63, 3.8) is 0 Å². The maximum absolute atomic E-state index is 13.3. The lowest BCUT2D eigenvalue weighted by molar-refractivity contribution is 0.404. The highest BCUT2D eigenvalue weighted by Crippen LogP contribution is 2.35. The Balaban J connectivity index is 1.96. The summed E-state index contributed by atoms with van der Waals surface area (Å²) in [5.41, 5.74) is 0.835. The van der Waals surface area contributed by atoms with E-state index in [1.54, 1.807) is 6.07 Å². The minimum absolute atomic E-state index is 0.135. The van der Waals surface area contributed by atoms with E-state index in [2.05, 4.69) is 15.3 Å². The van der Waals surface area contributed by atoms with Gasteiger partial charge in [-0.15, -0.1) is 11.3 Å². The van der Waals surface area contributed by atoms with E-state index >= 15 is 0 Å². The first kappa shape index (κ1) is 15.0. The van der Waals surface area contributed by atoms with Crippen molar-refractivity contribution >= 4 is 39.0 Å². The van der Waals surface area contributed by atoms with Gasteiger partial charge < -0.3 is 10.1 Å². The van der Waals surface area contributed by atoms with Gasteiger partial charge in [0.2, 0.25) is 0 Å². The van der Waals surface area contributed by atoms with E-state index in [1.165, 1.54) is 36.9 Å². The zero-order chi connectivity index (χ0) is 15.7. The van der Waals surface area contributed by atoms with Crippen molar-refractivity contribution in [2.45, 2.75) is 13.0 Å². The van der Waals surface area contributed by atoms with Crippen LogP contribution in [0.2, 0.25) is 5.02 Å². The van der Waals surface area contributed by atoms with Crippen LogP contribution in [0.4, 0.5) is 10.2 Å². The highest BCUT2D eigenvalue weighted by molar-refractivity contribution is 7.17. The third-order valence-corrected chi connectivity index (χ3v) is 4.65. The molecule has 1 atom stereocenters. The highest BCUT2D eigenvalue weighted by atomic mass is 35.5. The van der Waals surface area contributed by atoms with Gasteiger partial charge in [0.05, 0.1) is 23.6 Å². The zero-order valence-corrected chi connectivity index (χ0v) is 13.5. The fourth-order valence-electron chi connectivity index (χ4n) is 2.28. The van der Waals surface area contributed by atoms with Gasteiger partial charge in [-0.25, -0.2) is 14.4 Å². The zero-order valence-electron chi connectivity index (χ0n) is 11.9. The Bertz CT molecular complexity index is 824. The summed E-state index contributed by atoms with van der Waals surface area (Å²) >= 11 is 7.67. The van der Waals surface area contributed by atoms with Gasteiger partial charge >= 0.3 is 0 Å². The largest absolute Gasteiger partial charge is 0.496 e. The molecule has 2 heterocycles. The Morgan fingerprint density at radius 3 is 2.95 bits per heavy atom. The predicted molar refractivity (Wildman–Crippen MR) is 87.4 cm³/mol. The number of aromatic nitrogens is 2. The van der Waals surface area contributed by atoms with Crippen LogP contribution in [0.3, 0.4) is 0 Å². The van der Waals surface area contributed by atoms with Gasteiger partial charge in [0, 0.05) is 17.0 Å². The number of hydrogen-bond donors (Lipinski definition) is 1. The number of ether oxygens (including phenoxy) is 1. The predicted octanol–water partition coefficient (Wildman–Crippen LogP) is 4.67. The van der Waals surface area contributed by atoms with Gasteiger partial charge in [-0.2, -0.15) is 0 Å². The van der Waals surface area contributed by atoms with Gasteiger partial charge in [0.15, 0.2) is 0 Å². The summed E-state index contributed by atoms with van der Waals surface area (Å²) in [5, 5.41) is 6.53. The fourth-order valence-corrected chi connectivity index (χ4v) is 3.41. The lowest BCUT2D eigenvalue weighted by Gasteiger charge is -2.18. The number of fused-ring (bicyclic) bond motifs is 1. The molecule has 0 fully saturated rings. The van der Waals surface area contributed by atoms with Crippen LogP contribution in [0.15, 0.2) is 29.9 Å². The van der Waals surface area contributed by atoms with E-state index < -0.39 is 0 Å². The minimum atomic E-state index is -0.335. The maximum Gasteiger partial charge on any atom is 0.140 e. The molecule has 0 aliphatic carbocycles. The van der Waals surface area contributed by atoms with Gasteiger partial charge in [0.25, 0.3) is 0 Å². The summed E-state index contributed by atoms with van der Waals surface area (Å²) in [5.74, 6) is 0.801. The molecule has 1 aromatic carbocycles. The molecule has 3 aromatic rings. The number of thiophene rings is 1. The van der Waals surface area contributed by atoms with Crippen LogP contribution < -0.4 is 10.1 Å². The first-order valence-electron chi connectivity index (χ1n) is 6.58. The second kappa shape index (κ2) is 6.06. The number of halogens is 2. The van der Waals surface area contributed by atoms with E-state index in [4.69, 9.17) is 16.3 Å². The van der Waals surface area contributed by atoms with Crippen molar-refractivity contribution in [1.82, 2.24) is 9.97 Å². The van der Waals surface area contributed by atoms with Gasteiger partial charge in [-0.3, -0.25) is 0 Å². The second-order valence-corrected chi connectivity index (χ2v) is 6.00. The van der Waals surface area contributed by atoms with Gasteiger partial charge in [-0.05, 0) is 13.0 Å². The van der Waals surface area contributed by atoms with E-state index in [1.807, 2.05) is 12.3 Å². The normalized spacial score (nSPS) is 12.4. The summed E-state index contributed by atoms with van der Waals surface area (Å²) < 4.78 is 18.6. The number of rotatable bonds is 4. The Kier molecular flexibility index (Phi) is 4.13. The molecule has 1 N–H and O–H groups in total. The molecule has 7 heteroatoms. The van der Waals surface area contributed by atoms with Crippen LogP contribution in [0.1, 0.15) is 18.5 Å². The van der Waals surface area contributed by atoms with E-state index in [0.717, 1.165) is 15.8 Å². The summed E-state index contributed by atoms with van der Waals surface area (Å²) in [4.78, 5) is 9.28. The number of hydrogen-bond acceptors (Lipinski definition) is 5. The summed E-state index contributed by atoms with van der Waals surface area (Å²) in [6, 6.07) is 4.33. The molecular weight excluding hydrogens is 325 g/mol.